The van der Waals surface area contributed by atoms with Gasteiger partial charge in [0.15, 0.2) is 5.13 Å². The van der Waals surface area contributed by atoms with Crippen molar-refractivity contribution in [1.82, 2.24) is 9.88 Å². The van der Waals surface area contributed by atoms with E-state index in [0.29, 0.717) is 12.0 Å². The Morgan fingerprint density at radius 2 is 2.00 bits per heavy atom. The molecule has 1 N–H and O–H groups in total. The molecular formula is C30H38FN3O2S. The van der Waals surface area contributed by atoms with E-state index in [9.17, 15) is 14.3 Å². The van der Waals surface area contributed by atoms with E-state index in [2.05, 4.69) is 48.8 Å². The highest BCUT2D eigenvalue weighted by atomic mass is 32.1. The Bertz CT molecular complexity index is 1240. The van der Waals surface area contributed by atoms with Crippen molar-refractivity contribution in [3.8, 4) is 10.4 Å². The lowest BCUT2D eigenvalue weighted by Crippen LogP contribution is -2.53. The number of thiazole rings is 1. The van der Waals surface area contributed by atoms with Crippen molar-refractivity contribution in [1.29, 1.82) is 0 Å². The number of anilines is 1. The van der Waals surface area contributed by atoms with Crippen LogP contribution in [0.5, 0.6) is 0 Å². The van der Waals surface area contributed by atoms with Crippen LogP contribution in [0.3, 0.4) is 0 Å². The number of nitrogens with zero attached hydrogens (tertiary/aromatic N) is 3. The number of rotatable bonds is 9. The number of hydrogen-bond acceptors (Lipinski definition) is 5. The average Bonchev–Trinajstić information content (AvgIpc) is 3.28. The second-order valence-corrected chi connectivity index (χ2v) is 12.4. The van der Waals surface area contributed by atoms with Gasteiger partial charge in [0, 0.05) is 43.8 Å². The Kier molecular flexibility index (Phi) is 8.34. The molecule has 1 aromatic heterocycles. The minimum absolute atomic E-state index is 0.108. The lowest BCUT2D eigenvalue weighted by molar-refractivity contribution is -0.138. The van der Waals surface area contributed by atoms with Gasteiger partial charge < -0.3 is 10.0 Å². The number of aliphatic carboxylic acids is 1. The molecule has 2 heterocycles. The summed E-state index contributed by atoms with van der Waals surface area (Å²) in [6, 6.07) is 13.6. The maximum atomic E-state index is 13.8. The van der Waals surface area contributed by atoms with Gasteiger partial charge in [0.25, 0.3) is 0 Å². The molecule has 0 spiro atoms. The SMILES string of the molecule is Cc1cc(CN2CCN(c3ncc(-c4cccc(F)c4)s3)[C@H](CC(C)C)C2)cc(C(C)(C)CC(=O)O)c1. The van der Waals surface area contributed by atoms with Gasteiger partial charge in [-0.05, 0) is 48.1 Å². The van der Waals surface area contributed by atoms with Gasteiger partial charge in [-0.25, -0.2) is 9.37 Å². The molecule has 0 radical (unpaired) electrons. The second-order valence-electron chi connectivity index (χ2n) is 11.4. The first kappa shape index (κ1) is 27.3. The zero-order valence-electron chi connectivity index (χ0n) is 22.5. The third-order valence-corrected chi connectivity index (χ3v) is 8.16. The van der Waals surface area contributed by atoms with Crippen LogP contribution in [0, 0.1) is 18.7 Å². The topological polar surface area (TPSA) is 56.7 Å². The van der Waals surface area contributed by atoms with Crippen molar-refractivity contribution >= 4 is 22.4 Å². The lowest BCUT2D eigenvalue weighted by Gasteiger charge is -2.42. The van der Waals surface area contributed by atoms with Crippen LogP contribution in [-0.4, -0.2) is 46.6 Å². The van der Waals surface area contributed by atoms with Crippen molar-refractivity contribution in [2.24, 2.45) is 5.92 Å². The highest BCUT2D eigenvalue weighted by Crippen LogP contribution is 2.35. The first-order valence-electron chi connectivity index (χ1n) is 13.0. The number of carboxylic acid groups (broad SMARTS) is 1. The molecule has 0 amide bonds. The van der Waals surface area contributed by atoms with Crippen LogP contribution in [0.4, 0.5) is 9.52 Å². The fraction of sp³-hybridized carbons (Fsp3) is 0.467. The standard InChI is InChI=1S/C30H38FN3O2S/c1-20(2)11-26-19-33(18-22-12-21(3)13-24(14-22)30(4,5)16-28(35)36)9-10-34(26)29-32-17-27(37-29)23-7-6-8-25(31)15-23/h6-8,12-15,17,20,26H,9-11,16,18-19H2,1-5H3,(H,35,36)/t26-/m1/s1. The van der Waals surface area contributed by atoms with Gasteiger partial charge in [0.1, 0.15) is 5.82 Å². The highest BCUT2D eigenvalue weighted by molar-refractivity contribution is 7.18. The van der Waals surface area contributed by atoms with Gasteiger partial charge >= 0.3 is 5.97 Å². The zero-order chi connectivity index (χ0) is 26.7. The third-order valence-electron chi connectivity index (χ3n) is 7.08. The normalized spacial score (nSPS) is 16.9. The summed E-state index contributed by atoms with van der Waals surface area (Å²) >= 11 is 1.63. The summed E-state index contributed by atoms with van der Waals surface area (Å²) in [5.41, 5.74) is 3.91. The quantitative estimate of drug-likeness (QED) is 0.336. The third kappa shape index (κ3) is 6.96. The van der Waals surface area contributed by atoms with Crippen LogP contribution in [0.15, 0.2) is 48.7 Å². The number of carbonyl (C=O) groups is 1. The van der Waals surface area contributed by atoms with E-state index in [0.717, 1.165) is 59.3 Å². The maximum absolute atomic E-state index is 13.8. The molecule has 0 unspecified atom stereocenters. The molecule has 3 aromatic rings. The van der Waals surface area contributed by atoms with E-state index in [1.54, 1.807) is 23.5 Å². The summed E-state index contributed by atoms with van der Waals surface area (Å²) in [7, 11) is 0. The van der Waals surface area contributed by atoms with E-state index < -0.39 is 11.4 Å². The molecule has 0 saturated carbocycles. The smallest absolute Gasteiger partial charge is 0.304 e. The van der Waals surface area contributed by atoms with Gasteiger partial charge in [-0.1, -0.05) is 74.9 Å². The van der Waals surface area contributed by atoms with Crippen molar-refractivity contribution in [3.05, 3.63) is 71.2 Å². The Morgan fingerprint density at radius 1 is 1.22 bits per heavy atom. The highest BCUT2D eigenvalue weighted by Gasteiger charge is 2.30. The molecule has 37 heavy (non-hydrogen) atoms. The number of aromatic nitrogens is 1. The van der Waals surface area contributed by atoms with Crippen LogP contribution in [0.1, 0.15) is 57.2 Å². The first-order valence-corrected chi connectivity index (χ1v) is 13.9. The lowest BCUT2D eigenvalue weighted by atomic mass is 9.80. The van der Waals surface area contributed by atoms with E-state index in [1.807, 2.05) is 26.1 Å². The molecule has 7 heteroatoms. The van der Waals surface area contributed by atoms with Crippen molar-refractivity contribution in [2.45, 2.75) is 65.5 Å². The number of aryl methyl sites for hydroxylation is 1. The van der Waals surface area contributed by atoms with E-state index >= 15 is 0 Å². The molecule has 0 aliphatic carbocycles. The summed E-state index contributed by atoms with van der Waals surface area (Å²) in [4.78, 5) is 22.1. The minimum atomic E-state index is -0.775. The molecular weight excluding hydrogens is 485 g/mol. The molecule has 198 valence electrons. The first-order chi connectivity index (χ1) is 17.5. The Balaban J connectivity index is 1.51. The van der Waals surface area contributed by atoms with Crippen LogP contribution < -0.4 is 4.90 Å². The number of hydrogen-bond donors (Lipinski definition) is 1. The van der Waals surface area contributed by atoms with Crippen LogP contribution in [0.2, 0.25) is 0 Å². The molecule has 2 aromatic carbocycles. The summed E-state index contributed by atoms with van der Waals surface area (Å²) < 4.78 is 13.8. The summed E-state index contributed by atoms with van der Waals surface area (Å²) in [5, 5.41) is 10.4. The average molecular weight is 524 g/mol. The van der Waals surface area contributed by atoms with Crippen molar-refractivity contribution in [2.75, 3.05) is 24.5 Å². The van der Waals surface area contributed by atoms with Gasteiger partial charge in [0.05, 0.1) is 11.3 Å². The molecule has 4 rings (SSSR count). The van der Waals surface area contributed by atoms with Crippen molar-refractivity contribution in [3.63, 3.8) is 0 Å². The number of benzene rings is 2. The second kappa shape index (κ2) is 11.3. The van der Waals surface area contributed by atoms with Crippen LogP contribution in [0.25, 0.3) is 10.4 Å². The molecule has 1 aliphatic rings. The minimum Gasteiger partial charge on any atom is -0.481 e. The fourth-order valence-corrected chi connectivity index (χ4v) is 6.33. The van der Waals surface area contributed by atoms with Crippen molar-refractivity contribution < 1.29 is 14.3 Å². The maximum Gasteiger partial charge on any atom is 0.304 e. The van der Waals surface area contributed by atoms with E-state index in [4.69, 9.17) is 4.98 Å². The van der Waals surface area contributed by atoms with E-state index in [-0.39, 0.29) is 12.2 Å². The summed E-state index contributed by atoms with van der Waals surface area (Å²) in [6.07, 6.45) is 3.03. The Morgan fingerprint density at radius 3 is 2.70 bits per heavy atom. The molecule has 1 aliphatic heterocycles. The predicted molar refractivity (Wildman–Crippen MR) is 150 cm³/mol. The van der Waals surface area contributed by atoms with Gasteiger partial charge in [-0.2, -0.15) is 0 Å². The number of carboxylic acids is 1. The predicted octanol–water partition coefficient (Wildman–Crippen LogP) is 6.75. The Labute approximate surface area is 224 Å². The van der Waals surface area contributed by atoms with Crippen LogP contribution in [-0.2, 0) is 16.8 Å². The van der Waals surface area contributed by atoms with Gasteiger partial charge in [-0.15, -0.1) is 0 Å². The molecule has 1 fully saturated rings. The molecule has 1 saturated heterocycles. The largest absolute Gasteiger partial charge is 0.481 e. The van der Waals surface area contributed by atoms with E-state index in [1.165, 1.54) is 11.6 Å². The summed E-state index contributed by atoms with van der Waals surface area (Å²) in [6.45, 7) is 14.2. The number of piperazine rings is 1. The van der Waals surface area contributed by atoms with Crippen LogP contribution >= 0.6 is 11.3 Å². The molecule has 5 nitrogen and oxygen atoms in total. The van der Waals surface area contributed by atoms with Gasteiger partial charge in [0.2, 0.25) is 0 Å². The summed E-state index contributed by atoms with van der Waals surface area (Å²) in [5.74, 6) is -0.453. The molecule has 1 atom stereocenters. The van der Waals surface area contributed by atoms with Gasteiger partial charge in [-0.3, -0.25) is 9.69 Å². The zero-order valence-corrected chi connectivity index (χ0v) is 23.3. The Hall–Kier alpha value is -2.77. The monoisotopic (exact) mass is 523 g/mol. The molecule has 0 bridgehead atoms. The fourth-order valence-electron chi connectivity index (χ4n) is 5.32. The number of halogens is 1.